The fraction of sp³-hybridized carbons (Fsp3) is 0.0741. The Morgan fingerprint density at radius 1 is 0.443 bits per heavy atom. The summed E-state index contributed by atoms with van der Waals surface area (Å²) in [5.74, 6) is -3.98. The monoisotopic (exact) mass is 1240 g/mol. The molecule has 0 unspecified atom stereocenters. The van der Waals surface area contributed by atoms with Gasteiger partial charge in [-0.25, -0.2) is 0 Å². The van der Waals surface area contributed by atoms with Gasteiger partial charge in [-0.05, 0) is 47.6 Å². The number of halogens is 10. The van der Waals surface area contributed by atoms with Crippen LogP contribution in [0, 0.1) is 0 Å². The Labute approximate surface area is 437 Å². The number of rotatable bonds is 11. The van der Waals surface area contributed by atoms with E-state index in [0.29, 0.717) is 27.1 Å². The van der Waals surface area contributed by atoms with Crippen molar-refractivity contribution in [1.29, 1.82) is 0 Å². The number of carbonyl (C=O) groups is 2. The van der Waals surface area contributed by atoms with Crippen LogP contribution in [0.2, 0.25) is 0 Å². The molecule has 0 aliphatic heterocycles. The maximum atomic E-state index is 13.1. The smallest absolute Gasteiger partial charge is 0.0134 e. The predicted molar refractivity (Wildman–Crippen MR) is 293 cm³/mol. The third-order valence-electron chi connectivity index (χ3n) is 10.7. The van der Waals surface area contributed by atoms with E-state index < -0.39 is 37.4 Å². The Balaban J connectivity index is 0.000000192. The summed E-state index contributed by atoms with van der Waals surface area (Å²) in [6.45, 7) is 0. The molecule has 8 aromatic carbocycles. The number of hydrogen-bond donors (Lipinski definition) is 2. The second-order valence-corrected chi connectivity index (χ2v) is 28.9. The van der Waals surface area contributed by atoms with Gasteiger partial charge in [0.15, 0.2) is 0 Å². The second-order valence-electron chi connectivity index (χ2n) is 15.3. The van der Waals surface area contributed by atoms with Gasteiger partial charge in [0.1, 0.15) is 0 Å². The Hall–Kier alpha value is -4.94. The Morgan fingerprint density at radius 2 is 0.729 bits per heavy atom. The zero-order valence-corrected chi connectivity index (χ0v) is 44.8. The first-order chi connectivity index (χ1) is 33.4. The van der Waals surface area contributed by atoms with E-state index in [4.69, 9.17) is 0 Å². The van der Waals surface area contributed by atoms with E-state index in [1.165, 1.54) is 28.0 Å². The molecule has 16 heteroatoms. The van der Waals surface area contributed by atoms with Gasteiger partial charge >= 0.3 is 231 Å². The van der Waals surface area contributed by atoms with Gasteiger partial charge in [-0.1, -0.05) is 123 Å². The number of benzene rings is 8. The Bertz CT molecular complexity index is 2770. The van der Waals surface area contributed by atoms with Crippen molar-refractivity contribution < 1.29 is 35.9 Å². The molecule has 0 aliphatic carbocycles. The van der Waals surface area contributed by atoms with E-state index in [2.05, 4.69) is 160 Å². The molecule has 0 fully saturated rings. The van der Waals surface area contributed by atoms with Crippen LogP contribution < -0.4 is 42.5 Å². The zero-order valence-electron chi connectivity index (χ0n) is 36.7. The van der Waals surface area contributed by atoms with Crippen molar-refractivity contribution in [2.45, 2.75) is 23.8 Å². The van der Waals surface area contributed by atoms with E-state index in [1.54, 1.807) is 24.3 Å². The third kappa shape index (κ3) is 13.7. The van der Waals surface area contributed by atoms with Crippen molar-refractivity contribution in [3.05, 3.63) is 238 Å². The minimum absolute atomic E-state index is 0.117. The topological polar surface area (TPSA) is 58.2 Å². The summed E-state index contributed by atoms with van der Waals surface area (Å²) >= 11 is 14.1. The molecular formula is C54H42Br4F6N2O2P2. The first-order valence-electron chi connectivity index (χ1n) is 21.2. The van der Waals surface area contributed by atoms with E-state index in [9.17, 15) is 35.9 Å². The van der Waals surface area contributed by atoms with Gasteiger partial charge < -0.3 is 5.32 Å². The molecule has 8 aromatic rings. The molecule has 0 aromatic heterocycles. The molecule has 0 saturated carbocycles. The van der Waals surface area contributed by atoms with Crippen molar-refractivity contribution >= 4 is 132 Å². The van der Waals surface area contributed by atoms with Crippen molar-refractivity contribution in [1.82, 2.24) is 0 Å². The summed E-state index contributed by atoms with van der Waals surface area (Å²) in [6.07, 6.45) is -9.55. The fourth-order valence-electron chi connectivity index (χ4n) is 7.43. The van der Waals surface area contributed by atoms with E-state index in [-0.39, 0.29) is 11.4 Å². The number of carbonyl (C=O) groups excluding carboxylic acids is 2. The van der Waals surface area contributed by atoms with Crippen LogP contribution in [-0.2, 0) is 21.1 Å². The second kappa shape index (κ2) is 24.5. The van der Waals surface area contributed by atoms with E-state index >= 15 is 0 Å². The van der Waals surface area contributed by atoms with Gasteiger partial charge in [-0.15, -0.1) is 0 Å². The largest absolute Gasteiger partial charge is 0.0622 e. The maximum Gasteiger partial charge on any atom is -0.0134 e. The quantitative estimate of drug-likeness (QED) is 0.0770. The molecule has 2 amide bonds. The first kappa shape index (κ1) is 54.4. The summed E-state index contributed by atoms with van der Waals surface area (Å²) in [6, 6.07) is 71.6. The minimum Gasteiger partial charge on any atom is -0.0622 e. The third-order valence-corrected chi connectivity index (χ3v) is 24.2. The van der Waals surface area contributed by atoms with Crippen LogP contribution in [0.5, 0.6) is 0 Å². The van der Waals surface area contributed by atoms with E-state index in [1.807, 2.05) is 96.3 Å². The average molecular weight is 1250 g/mol. The van der Waals surface area contributed by atoms with Crippen LogP contribution in [-0.4, -0.2) is 24.2 Å². The molecule has 2 N–H and O–H groups in total. The molecule has 4 nitrogen and oxygen atoms in total. The van der Waals surface area contributed by atoms with Crippen molar-refractivity contribution in [3.8, 4) is 0 Å². The summed E-state index contributed by atoms with van der Waals surface area (Å²) in [5, 5.41) is 8.01. The zero-order chi connectivity index (χ0) is 50.4. The van der Waals surface area contributed by atoms with Crippen LogP contribution in [0.4, 0.5) is 37.7 Å². The molecular weight excluding hydrogens is 1200 g/mol. The molecule has 0 atom stereocenters. The van der Waals surface area contributed by atoms with E-state index in [0.717, 1.165) is 20.4 Å². The van der Waals surface area contributed by atoms with Crippen LogP contribution in [0.3, 0.4) is 0 Å². The van der Waals surface area contributed by atoms with Gasteiger partial charge in [0.05, 0.1) is 0 Å². The molecule has 0 radical (unpaired) electrons. The summed E-state index contributed by atoms with van der Waals surface area (Å²) in [5.41, 5.74) is 1.39. The predicted octanol–water partition coefficient (Wildman–Crippen LogP) is 14.6. The Kier molecular flexibility index (Phi) is 19.0. The normalized spacial score (nSPS) is 12.0. The number of anilines is 2. The molecule has 0 spiro atoms. The molecule has 0 aliphatic rings. The standard InChI is InChI=1S/C27H21Br2F3NOP.C18H15P.C9H6Br2F3NO/c28-21-16-17-25(33-26(34)27(30,31)32)20(18-21)19-35(29,22-10-4-1-5-11-22,23-12-6-2-7-13-23)24-14-8-3-9-15-24;1-4-10-16(11-5-1)19(17-12-6-2-7-13-17)18-14-8-3-9-15-18;10-4-5-3-6(11)1-2-7(5)15-8(16)9(12,13)14/h1-18H,19H2,(H,33,34);1-15H;1-3H,4H2,(H,15,16). The molecule has 0 heterocycles. The van der Waals surface area contributed by atoms with Crippen LogP contribution in [0.25, 0.3) is 0 Å². The van der Waals surface area contributed by atoms with Crippen molar-refractivity contribution in [2.24, 2.45) is 0 Å². The summed E-state index contributed by atoms with van der Waals surface area (Å²) in [7, 11) is -0.446. The number of hydrogen-bond acceptors (Lipinski definition) is 2. The van der Waals surface area contributed by atoms with Gasteiger partial charge in [0, 0.05) is 15.5 Å². The fourth-order valence-corrected chi connectivity index (χ4v) is 18.7. The molecule has 0 bridgehead atoms. The number of alkyl halides is 7. The Morgan fingerprint density at radius 3 is 1.03 bits per heavy atom. The van der Waals surface area contributed by atoms with Crippen molar-refractivity contribution in [2.75, 3.05) is 10.6 Å². The van der Waals surface area contributed by atoms with Gasteiger partial charge in [-0.3, -0.25) is 4.79 Å². The molecule has 70 heavy (non-hydrogen) atoms. The van der Waals surface area contributed by atoms with Gasteiger partial charge in [0.2, 0.25) is 0 Å². The van der Waals surface area contributed by atoms with Crippen LogP contribution in [0.1, 0.15) is 11.1 Å². The van der Waals surface area contributed by atoms with Gasteiger partial charge in [-0.2, -0.15) is 13.2 Å². The summed E-state index contributed by atoms with van der Waals surface area (Å²) < 4.78 is 76.9. The average Bonchev–Trinajstić information content (AvgIpc) is 3.37. The molecule has 0 saturated heterocycles. The van der Waals surface area contributed by atoms with Crippen molar-refractivity contribution in [3.63, 3.8) is 0 Å². The number of nitrogens with one attached hydrogen (secondary N) is 2. The van der Waals surface area contributed by atoms with Crippen LogP contribution >= 0.6 is 76.5 Å². The van der Waals surface area contributed by atoms with Crippen LogP contribution in [0.15, 0.2) is 227 Å². The number of amides is 2. The molecule has 8 rings (SSSR count). The molecule has 360 valence electrons. The first-order valence-corrected chi connectivity index (χ1v) is 29.7. The summed E-state index contributed by atoms with van der Waals surface area (Å²) in [4.78, 5) is 22.6. The minimum atomic E-state index is -5.00. The SMILES string of the molecule is O=C(Nc1ccc(Br)cc1CBr)C(F)(F)F.O=C(Nc1ccc(Br)cc1CP(Br)(c1ccccc1)(c1ccccc1)c1ccccc1)C(F)(F)F.c1ccc(P(c2ccccc2)c2ccccc2)cc1. The maximum absolute atomic E-state index is 13.1. The van der Waals surface area contributed by atoms with Gasteiger partial charge in [0.25, 0.3) is 0 Å².